The summed E-state index contributed by atoms with van der Waals surface area (Å²) in [4.78, 5) is 0. The summed E-state index contributed by atoms with van der Waals surface area (Å²) in [5.74, 6) is 1.06. The largest absolute Gasteiger partial charge is 0.383 e. The Labute approximate surface area is 139 Å². The molecule has 6 heteroatoms. The van der Waals surface area contributed by atoms with Gasteiger partial charge in [-0.2, -0.15) is 0 Å². The van der Waals surface area contributed by atoms with Crippen molar-refractivity contribution in [2.75, 3.05) is 33.4 Å². The molecule has 2 N–H and O–H groups in total. The average Bonchev–Trinajstić information content (AvgIpc) is 3.03. The second-order valence-electron chi connectivity index (χ2n) is 7.16. The predicted octanol–water partition coefficient (Wildman–Crippen LogP) is 1.37. The molecule has 2 aliphatic rings. The highest BCUT2D eigenvalue weighted by Crippen LogP contribution is 2.43. The number of nitrogens with one attached hydrogen (secondary N) is 2. The number of hydrogen-bond acceptors (Lipinski definition) is 5. The molecule has 1 aromatic rings. The number of aromatic nitrogens is 3. The second kappa shape index (κ2) is 8.22. The van der Waals surface area contributed by atoms with Gasteiger partial charge in [0.2, 0.25) is 0 Å². The van der Waals surface area contributed by atoms with Crippen LogP contribution >= 0.6 is 0 Å². The van der Waals surface area contributed by atoms with E-state index in [2.05, 4.69) is 25.4 Å². The zero-order valence-electron chi connectivity index (χ0n) is 14.4. The molecule has 6 nitrogen and oxygen atoms in total. The maximum absolute atomic E-state index is 5.13. The van der Waals surface area contributed by atoms with Gasteiger partial charge in [0.25, 0.3) is 0 Å². The number of ether oxygens (including phenoxy) is 1. The highest BCUT2D eigenvalue weighted by molar-refractivity contribution is 4.92. The average molecular weight is 321 g/mol. The van der Waals surface area contributed by atoms with E-state index in [0.29, 0.717) is 18.1 Å². The summed E-state index contributed by atoms with van der Waals surface area (Å²) in [5.41, 5.74) is 0.657. The number of nitrogens with zero attached hydrogens (tertiary/aromatic N) is 3. The molecule has 1 aliphatic carbocycles. The summed E-state index contributed by atoms with van der Waals surface area (Å²) in [5, 5.41) is 15.5. The Bertz CT molecular complexity index is 459. The molecular weight excluding hydrogens is 290 g/mol. The first kappa shape index (κ1) is 16.9. The minimum absolute atomic E-state index is 0.657. The summed E-state index contributed by atoms with van der Waals surface area (Å²) < 4.78 is 7.22. The Morgan fingerprint density at radius 1 is 1.30 bits per heavy atom. The third kappa shape index (κ3) is 4.52. The van der Waals surface area contributed by atoms with Crippen molar-refractivity contribution in [1.29, 1.82) is 0 Å². The van der Waals surface area contributed by atoms with E-state index >= 15 is 0 Å². The van der Waals surface area contributed by atoms with Gasteiger partial charge >= 0.3 is 0 Å². The molecule has 2 heterocycles. The van der Waals surface area contributed by atoms with Gasteiger partial charge in [-0.1, -0.05) is 0 Å². The minimum Gasteiger partial charge on any atom is -0.383 e. The number of rotatable bonds is 7. The van der Waals surface area contributed by atoms with Crippen LogP contribution in [0.25, 0.3) is 0 Å². The fraction of sp³-hybridized carbons (Fsp3) is 0.882. The van der Waals surface area contributed by atoms with Gasteiger partial charge < -0.3 is 19.9 Å². The molecule has 130 valence electrons. The van der Waals surface area contributed by atoms with E-state index in [0.717, 1.165) is 25.3 Å². The highest BCUT2D eigenvalue weighted by Gasteiger charge is 2.35. The first-order valence-electron chi connectivity index (χ1n) is 9.11. The molecule has 2 fully saturated rings. The number of hydrogen-bond donors (Lipinski definition) is 2. The first-order chi connectivity index (χ1) is 11.3. The molecule has 0 atom stereocenters. The van der Waals surface area contributed by atoms with Crippen molar-refractivity contribution in [3.63, 3.8) is 0 Å². The third-order valence-electron chi connectivity index (χ3n) is 5.72. The van der Waals surface area contributed by atoms with Crippen molar-refractivity contribution in [3.05, 3.63) is 12.2 Å². The maximum Gasteiger partial charge on any atom is 0.134 e. The SMILES string of the molecule is COCCn1cnnc1CCNC1CCC2(CCNCC2)CC1. The highest BCUT2D eigenvalue weighted by atomic mass is 16.5. The summed E-state index contributed by atoms with van der Waals surface area (Å²) >= 11 is 0. The summed E-state index contributed by atoms with van der Waals surface area (Å²) in [6.45, 7) is 4.96. The topological polar surface area (TPSA) is 64.0 Å². The summed E-state index contributed by atoms with van der Waals surface area (Å²) in [7, 11) is 1.73. The van der Waals surface area contributed by atoms with Gasteiger partial charge in [0.15, 0.2) is 0 Å². The summed E-state index contributed by atoms with van der Waals surface area (Å²) in [6.07, 6.45) is 11.0. The van der Waals surface area contributed by atoms with Gasteiger partial charge in [-0.05, 0) is 57.0 Å². The van der Waals surface area contributed by atoms with Crippen LogP contribution in [0.3, 0.4) is 0 Å². The minimum atomic E-state index is 0.657. The fourth-order valence-corrected chi connectivity index (χ4v) is 4.13. The second-order valence-corrected chi connectivity index (χ2v) is 7.16. The van der Waals surface area contributed by atoms with Crippen molar-refractivity contribution in [3.8, 4) is 0 Å². The smallest absolute Gasteiger partial charge is 0.134 e. The lowest BCUT2D eigenvalue weighted by Gasteiger charge is -2.43. The monoisotopic (exact) mass is 321 g/mol. The molecule has 1 saturated carbocycles. The Morgan fingerprint density at radius 2 is 2.09 bits per heavy atom. The zero-order valence-corrected chi connectivity index (χ0v) is 14.4. The van der Waals surface area contributed by atoms with Crippen LogP contribution in [0.4, 0.5) is 0 Å². The van der Waals surface area contributed by atoms with Crippen LogP contribution in [-0.4, -0.2) is 54.2 Å². The van der Waals surface area contributed by atoms with Crippen LogP contribution < -0.4 is 10.6 Å². The normalized spacial score (nSPS) is 21.8. The standard InChI is InChI=1S/C17H31N5O/c1-23-13-12-22-14-20-21-16(22)4-9-19-15-2-5-17(6-3-15)7-10-18-11-8-17/h14-15,18-19H,2-13H2,1H3. The van der Waals surface area contributed by atoms with E-state index in [1.54, 1.807) is 13.4 Å². The van der Waals surface area contributed by atoms with E-state index in [1.807, 2.05) is 0 Å². The number of methoxy groups -OCH3 is 1. The lowest BCUT2D eigenvalue weighted by Crippen LogP contribution is -2.43. The molecule has 3 rings (SSSR count). The van der Waals surface area contributed by atoms with Crippen molar-refractivity contribution in [1.82, 2.24) is 25.4 Å². The molecule has 0 bridgehead atoms. The quantitative estimate of drug-likeness (QED) is 0.794. The molecule has 1 aliphatic heterocycles. The molecular formula is C17H31N5O. The first-order valence-corrected chi connectivity index (χ1v) is 9.11. The van der Waals surface area contributed by atoms with E-state index in [4.69, 9.17) is 4.74 Å². The van der Waals surface area contributed by atoms with Crippen LogP contribution in [-0.2, 0) is 17.7 Å². The Balaban J connectivity index is 1.38. The van der Waals surface area contributed by atoms with Crippen LogP contribution in [0.5, 0.6) is 0 Å². The van der Waals surface area contributed by atoms with E-state index in [-0.39, 0.29) is 0 Å². The molecule has 1 aromatic heterocycles. The van der Waals surface area contributed by atoms with Gasteiger partial charge in [-0.25, -0.2) is 0 Å². The van der Waals surface area contributed by atoms with Gasteiger partial charge in [0.1, 0.15) is 12.2 Å². The molecule has 1 spiro atoms. The van der Waals surface area contributed by atoms with Gasteiger partial charge in [-0.3, -0.25) is 0 Å². The summed E-state index contributed by atoms with van der Waals surface area (Å²) in [6, 6.07) is 0.686. The van der Waals surface area contributed by atoms with Gasteiger partial charge in [0, 0.05) is 32.7 Å². The Morgan fingerprint density at radius 3 is 2.83 bits per heavy atom. The zero-order chi connectivity index (χ0) is 16.0. The third-order valence-corrected chi connectivity index (χ3v) is 5.72. The van der Waals surface area contributed by atoms with Crippen LogP contribution in [0, 0.1) is 5.41 Å². The Hall–Kier alpha value is -0.980. The van der Waals surface area contributed by atoms with E-state index < -0.39 is 0 Å². The van der Waals surface area contributed by atoms with Gasteiger partial charge in [-0.15, -0.1) is 10.2 Å². The van der Waals surface area contributed by atoms with Crippen molar-refractivity contribution in [2.45, 2.75) is 57.5 Å². The number of piperidine rings is 1. The van der Waals surface area contributed by atoms with Crippen LogP contribution in [0.1, 0.15) is 44.3 Å². The molecule has 1 saturated heterocycles. The van der Waals surface area contributed by atoms with E-state index in [1.165, 1.54) is 51.6 Å². The molecule has 0 unspecified atom stereocenters. The van der Waals surface area contributed by atoms with Crippen LogP contribution in [0.15, 0.2) is 6.33 Å². The van der Waals surface area contributed by atoms with Crippen molar-refractivity contribution < 1.29 is 4.74 Å². The molecule has 0 amide bonds. The van der Waals surface area contributed by atoms with Crippen molar-refractivity contribution in [2.24, 2.45) is 5.41 Å². The Kier molecular flexibility index (Phi) is 6.02. The maximum atomic E-state index is 5.13. The lowest BCUT2D eigenvalue weighted by atomic mass is 9.67. The van der Waals surface area contributed by atoms with Gasteiger partial charge in [0.05, 0.1) is 6.61 Å². The lowest BCUT2D eigenvalue weighted by molar-refractivity contribution is 0.116. The molecule has 0 aromatic carbocycles. The van der Waals surface area contributed by atoms with Crippen molar-refractivity contribution >= 4 is 0 Å². The van der Waals surface area contributed by atoms with Crippen LogP contribution in [0.2, 0.25) is 0 Å². The fourth-order valence-electron chi connectivity index (χ4n) is 4.13. The van der Waals surface area contributed by atoms with E-state index in [9.17, 15) is 0 Å². The predicted molar refractivity (Wildman–Crippen MR) is 90.4 cm³/mol. The molecule has 23 heavy (non-hydrogen) atoms. The molecule has 0 radical (unpaired) electrons.